The number of esters is 1. The maximum Gasteiger partial charge on any atom is 0.310 e. The summed E-state index contributed by atoms with van der Waals surface area (Å²) in [5.41, 5.74) is 2.09. The van der Waals surface area contributed by atoms with Crippen molar-refractivity contribution in [2.75, 3.05) is 26.7 Å². The summed E-state index contributed by atoms with van der Waals surface area (Å²) in [6.45, 7) is 7.00. The Balaban J connectivity index is 1.38. The van der Waals surface area contributed by atoms with E-state index >= 15 is 0 Å². The largest absolute Gasteiger partial charge is 0.475 e. The number of likely N-dealkylation sites (N-methyl/N-ethyl adjacent to an activating group) is 1. The molecule has 0 saturated heterocycles. The van der Waals surface area contributed by atoms with Crippen LogP contribution in [-0.2, 0) is 9.53 Å². The molecule has 42 heavy (non-hydrogen) atoms. The summed E-state index contributed by atoms with van der Waals surface area (Å²) in [5.74, 6) is 1.14. The van der Waals surface area contributed by atoms with Crippen molar-refractivity contribution in [1.82, 2.24) is 8.75 Å². The lowest BCUT2D eigenvalue weighted by Crippen LogP contribution is -2.60. The van der Waals surface area contributed by atoms with Crippen molar-refractivity contribution in [3.05, 3.63) is 11.8 Å². The van der Waals surface area contributed by atoms with E-state index in [4.69, 9.17) is 9.47 Å². The van der Waals surface area contributed by atoms with Crippen LogP contribution in [0.3, 0.4) is 0 Å². The Kier molecular flexibility index (Phi) is 17.1. The smallest absolute Gasteiger partial charge is 0.310 e. The minimum absolute atomic E-state index is 0.00291. The van der Waals surface area contributed by atoms with E-state index in [0.29, 0.717) is 24.8 Å². The Hall–Kier alpha value is -1.47. The molecule has 1 aromatic rings. The molecule has 0 N–H and O–H groups in total. The molecule has 1 aliphatic carbocycles. The van der Waals surface area contributed by atoms with Gasteiger partial charge in [-0.05, 0) is 25.7 Å². The maximum absolute atomic E-state index is 13.1. The van der Waals surface area contributed by atoms with E-state index in [1.807, 2.05) is 0 Å². The molecule has 0 amide bonds. The third-order valence-electron chi connectivity index (χ3n) is 9.47. The Morgan fingerprint density at radius 3 is 2.07 bits per heavy atom. The van der Waals surface area contributed by atoms with Gasteiger partial charge in [0.25, 0.3) is 5.88 Å². The second-order valence-electron chi connectivity index (χ2n) is 13.3. The average Bonchev–Trinajstić information content (AvgIpc) is 3.43. The van der Waals surface area contributed by atoms with Gasteiger partial charge in [-0.25, -0.2) is 0 Å². The van der Waals surface area contributed by atoms with Crippen LogP contribution in [0, 0.1) is 5.92 Å². The molecule has 3 rings (SSSR count). The number of quaternary nitrogens is 1. The lowest BCUT2D eigenvalue weighted by atomic mass is 9.82. The molecule has 0 bridgehead atoms. The number of carbonyl (C=O) groups is 1. The van der Waals surface area contributed by atoms with E-state index in [2.05, 4.69) is 35.7 Å². The predicted octanol–water partition coefficient (Wildman–Crippen LogP) is 9.88. The first kappa shape index (κ1) is 35.0. The van der Waals surface area contributed by atoms with Gasteiger partial charge in [0.15, 0.2) is 0 Å². The molecule has 2 heterocycles. The van der Waals surface area contributed by atoms with Gasteiger partial charge >= 0.3 is 5.97 Å². The fraction of sp³-hybridized carbons (Fsp3) is 0.857. The van der Waals surface area contributed by atoms with E-state index in [0.717, 1.165) is 61.8 Å². The molecule has 240 valence electrons. The van der Waals surface area contributed by atoms with Crippen LogP contribution >= 0.6 is 11.7 Å². The Morgan fingerprint density at radius 2 is 1.48 bits per heavy atom. The van der Waals surface area contributed by atoms with Crippen molar-refractivity contribution in [3.63, 3.8) is 0 Å². The molecular weight excluding hydrogens is 542 g/mol. The molecule has 0 aromatic carbocycles. The van der Waals surface area contributed by atoms with Gasteiger partial charge < -0.3 is 9.47 Å². The van der Waals surface area contributed by atoms with Crippen molar-refractivity contribution in [1.29, 1.82) is 0 Å². The fourth-order valence-electron chi connectivity index (χ4n) is 6.56. The average molecular weight is 605 g/mol. The molecule has 1 aliphatic heterocycles. The zero-order valence-corrected chi connectivity index (χ0v) is 28.2. The lowest BCUT2D eigenvalue weighted by molar-refractivity contribution is -0.951. The number of unbranched alkanes of at least 4 members (excludes halogenated alkanes) is 15. The quantitative estimate of drug-likeness (QED) is 0.0667. The van der Waals surface area contributed by atoms with Crippen LogP contribution in [0.4, 0.5) is 0 Å². The summed E-state index contributed by atoms with van der Waals surface area (Å²) in [7, 11) is 2.28. The van der Waals surface area contributed by atoms with Gasteiger partial charge in [-0.1, -0.05) is 123 Å². The SMILES string of the molecule is CCCCCCCCCCCCCCCC(=O)OC(C1CCC1)[N+]1(C)CCC=C(c2nsnc2OCCCCCC)C1. The van der Waals surface area contributed by atoms with Crippen LogP contribution in [0.2, 0.25) is 0 Å². The van der Waals surface area contributed by atoms with Crippen LogP contribution in [-0.4, -0.2) is 52.2 Å². The molecule has 0 radical (unpaired) electrons. The van der Waals surface area contributed by atoms with Gasteiger partial charge in [0.1, 0.15) is 12.2 Å². The molecule has 7 heteroatoms. The molecule has 6 nitrogen and oxygen atoms in total. The molecule has 2 aliphatic rings. The number of rotatable bonds is 24. The number of hydrogen-bond acceptors (Lipinski definition) is 6. The third-order valence-corrected chi connectivity index (χ3v) is 9.98. The highest BCUT2D eigenvalue weighted by Crippen LogP contribution is 2.39. The number of carbonyl (C=O) groups excluding carboxylic acids is 1. The topological polar surface area (TPSA) is 61.3 Å². The first-order valence-electron chi connectivity index (χ1n) is 17.8. The summed E-state index contributed by atoms with van der Waals surface area (Å²) < 4.78 is 22.3. The number of nitrogens with zero attached hydrogens (tertiary/aromatic N) is 3. The third kappa shape index (κ3) is 12.3. The normalized spacial score (nSPS) is 19.7. The second-order valence-corrected chi connectivity index (χ2v) is 13.8. The van der Waals surface area contributed by atoms with Crippen molar-refractivity contribution >= 4 is 23.3 Å². The van der Waals surface area contributed by atoms with Gasteiger partial charge in [-0.3, -0.25) is 9.28 Å². The van der Waals surface area contributed by atoms with E-state index in [1.165, 1.54) is 114 Å². The fourth-order valence-corrected chi connectivity index (χ4v) is 7.09. The first-order chi connectivity index (χ1) is 20.6. The van der Waals surface area contributed by atoms with Gasteiger partial charge in [0.05, 0.1) is 31.9 Å². The van der Waals surface area contributed by atoms with Crippen LogP contribution in [0.25, 0.3) is 5.57 Å². The Bertz CT molecular complexity index is 900. The summed E-state index contributed by atoms with van der Waals surface area (Å²) in [6.07, 6.45) is 29.1. The zero-order chi connectivity index (χ0) is 29.9. The van der Waals surface area contributed by atoms with Gasteiger partial charge in [0.2, 0.25) is 6.23 Å². The number of hydrogen-bond donors (Lipinski definition) is 0. The van der Waals surface area contributed by atoms with E-state index in [9.17, 15) is 4.79 Å². The highest BCUT2D eigenvalue weighted by molar-refractivity contribution is 6.99. The summed E-state index contributed by atoms with van der Waals surface area (Å²) in [4.78, 5) is 13.1. The van der Waals surface area contributed by atoms with Gasteiger partial charge in [-0.15, -0.1) is 4.37 Å². The highest BCUT2D eigenvalue weighted by Gasteiger charge is 2.46. The number of ether oxygens (including phenoxy) is 2. The minimum atomic E-state index is -0.0677. The van der Waals surface area contributed by atoms with Crippen molar-refractivity contribution in [2.45, 2.75) is 161 Å². The van der Waals surface area contributed by atoms with Crippen molar-refractivity contribution in [2.24, 2.45) is 5.92 Å². The predicted molar refractivity (Wildman–Crippen MR) is 176 cm³/mol. The van der Waals surface area contributed by atoms with Gasteiger partial charge in [-0.2, -0.15) is 4.37 Å². The van der Waals surface area contributed by atoms with Crippen molar-refractivity contribution in [3.8, 4) is 5.88 Å². The molecule has 1 aromatic heterocycles. The minimum Gasteiger partial charge on any atom is -0.475 e. The van der Waals surface area contributed by atoms with Crippen LogP contribution < -0.4 is 4.74 Å². The van der Waals surface area contributed by atoms with E-state index in [1.54, 1.807) is 0 Å². The summed E-state index contributed by atoms with van der Waals surface area (Å²) >= 11 is 1.23. The highest BCUT2D eigenvalue weighted by atomic mass is 32.1. The molecule has 2 atom stereocenters. The van der Waals surface area contributed by atoms with Crippen molar-refractivity contribution < 1.29 is 18.8 Å². The van der Waals surface area contributed by atoms with Crippen LogP contribution in [0.5, 0.6) is 5.88 Å². The summed E-state index contributed by atoms with van der Waals surface area (Å²) in [5, 5.41) is 0. The Morgan fingerprint density at radius 1 is 0.881 bits per heavy atom. The molecular formula is C35H62N3O3S+. The molecule has 2 unspecified atom stereocenters. The monoisotopic (exact) mass is 604 g/mol. The Labute approximate surface area is 261 Å². The maximum atomic E-state index is 13.1. The second kappa shape index (κ2) is 20.5. The first-order valence-corrected chi connectivity index (χ1v) is 18.5. The molecule has 1 fully saturated rings. The van der Waals surface area contributed by atoms with E-state index in [-0.39, 0.29) is 12.2 Å². The summed E-state index contributed by atoms with van der Waals surface area (Å²) in [6, 6.07) is 0. The molecule has 1 saturated carbocycles. The number of aromatic nitrogens is 2. The lowest BCUT2D eigenvalue weighted by Gasteiger charge is -2.47. The van der Waals surface area contributed by atoms with Crippen LogP contribution in [0.1, 0.15) is 161 Å². The zero-order valence-electron chi connectivity index (χ0n) is 27.4. The van der Waals surface area contributed by atoms with Gasteiger partial charge in [0, 0.05) is 24.3 Å². The van der Waals surface area contributed by atoms with Crippen LogP contribution in [0.15, 0.2) is 6.08 Å². The molecule has 0 spiro atoms. The standard InChI is InChI=1S/C35H62N3O3S/c1-4-6-8-10-11-12-13-14-15-16-17-18-19-26-32(39)41-35(30-23-21-24-30)38(3)27-22-25-31(29-38)33-34(37-42-36-33)40-28-20-9-7-5-2/h25,30,35H,4-24,26-29H2,1-3H3/q+1. The van der Waals surface area contributed by atoms with E-state index < -0.39 is 0 Å².